The zero-order chi connectivity index (χ0) is 11.1. The molecule has 15 heavy (non-hydrogen) atoms. The van der Waals surface area contributed by atoms with Crippen LogP contribution in [0.2, 0.25) is 0 Å². The first-order chi connectivity index (χ1) is 7.26. The van der Waals surface area contributed by atoms with Gasteiger partial charge in [0.05, 0.1) is 6.54 Å². The van der Waals surface area contributed by atoms with E-state index in [1.54, 1.807) is 0 Å². The molecule has 88 valence electrons. The molecule has 1 aliphatic carbocycles. The van der Waals surface area contributed by atoms with Crippen molar-refractivity contribution < 1.29 is 4.79 Å². The van der Waals surface area contributed by atoms with Gasteiger partial charge in [0.15, 0.2) is 0 Å². The van der Waals surface area contributed by atoms with Crippen molar-refractivity contribution in [2.24, 2.45) is 0 Å². The molecule has 1 rings (SSSR count). The Labute approximate surface area is 92.4 Å². The minimum atomic E-state index is 0.119. The first-order valence-electron chi connectivity index (χ1n) is 5.98. The number of nitrogens with zero attached hydrogens (tertiary/aromatic N) is 1. The number of rotatable bonds is 8. The number of carbonyl (C=O) groups is 1. The SMILES string of the molecule is CCN(CC)CCNC(=O)CNC1CC1. The molecular formula is C11H23N3O. The Hall–Kier alpha value is -0.610. The molecule has 4 nitrogen and oxygen atoms in total. The third kappa shape index (κ3) is 5.74. The van der Waals surface area contributed by atoms with Crippen LogP contribution in [0.4, 0.5) is 0 Å². The molecule has 0 spiro atoms. The summed E-state index contributed by atoms with van der Waals surface area (Å²) >= 11 is 0. The Bertz CT molecular complexity index is 188. The highest BCUT2D eigenvalue weighted by Gasteiger charge is 2.20. The van der Waals surface area contributed by atoms with Crippen LogP contribution in [0.5, 0.6) is 0 Å². The number of likely N-dealkylation sites (N-methyl/N-ethyl adjacent to an activating group) is 1. The Balaban J connectivity index is 1.95. The second-order valence-electron chi connectivity index (χ2n) is 4.03. The Morgan fingerprint density at radius 3 is 2.53 bits per heavy atom. The van der Waals surface area contributed by atoms with E-state index < -0.39 is 0 Å². The van der Waals surface area contributed by atoms with E-state index in [2.05, 4.69) is 29.4 Å². The quantitative estimate of drug-likeness (QED) is 0.605. The first kappa shape index (κ1) is 12.5. The molecular weight excluding hydrogens is 190 g/mol. The Morgan fingerprint density at radius 2 is 2.00 bits per heavy atom. The van der Waals surface area contributed by atoms with Gasteiger partial charge in [-0.05, 0) is 25.9 Å². The highest BCUT2D eigenvalue weighted by molar-refractivity contribution is 5.78. The molecule has 0 radical (unpaired) electrons. The van der Waals surface area contributed by atoms with Gasteiger partial charge < -0.3 is 15.5 Å². The van der Waals surface area contributed by atoms with Crippen molar-refractivity contribution in [2.75, 3.05) is 32.7 Å². The lowest BCUT2D eigenvalue weighted by Gasteiger charge is -2.17. The standard InChI is InChI=1S/C11H23N3O/c1-3-14(4-2)8-7-12-11(15)9-13-10-5-6-10/h10,13H,3-9H2,1-2H3,(H,12,15). The zero-order valence-electron chi connectivity index (χ0n) is 9.88. The fraction of sp³-hybridized carbons (Fsp3) is 0.909. The van der Waals surface area contributed by atoms with Crippen molar-refractivity contribution in [3.63, 3.8) is 0 Å². The van der Waals surface area contributed by atoms with Gasteiger partial charge in [-0.15, -0.1) is 0 Å². The van der Waals surface area contributed by atoms with Gasteiger partial charge >= 0.3 is 0 Å². The summed E-state index contributed by atoms with van der Waals surface area (Å²) in [7, 11) is 0. The van der Waals surface area contributed by atoms with Crippen molar-refractivity contribution in [3.8, 4) is 0 Å². The molecule has 0 aromatic carbocycles. The minimum absolute atomic E-state index is 0.119. The fourth-order valence-electron chi connectivity index (χ4n) is 1.48. The molecule has 0 heterocycles. The Kier molecular flexibility index (Phi) is 5.65. The molecule has 2 N–H and O–H groups in total. The molecule has 4 heteroatoms. The number of carbonyl (C=O) groups excluding carboxylic acids is 1. The van der Waals surface area contributed by atoms with Crippen molar-refractivity contribution >= 4 is 5.91 Å². The topological polar surface area (TPSA) is 44.4 Å². The van der Waals surface area contributed by atoms with Crippen molar-refractivity contribution in [2.45, 2.75) is 32.7 Å². The fourth-order valence-corrected chi connectivity index (χ4v) is 1.48. The molecule has 0 bridgehead atoms. The van der Waals surface area contributed by atoms with E-state index in [0.717, 1.165) is 26.2 Å². The van der Waals surface area contributed by atoms with E-state index in [1.807, 2.05) is 0 Å². The maximum atomic E-state index is 11.3. The van der Waals surface area contributed by atoms with Crippen LogP contribution in [0.1, 0.15) is 26.7 Å². The van der Waals surface area contributed by atoms with Gasteiger partial charge in [0, 0.05) is 19.1 Å². The predicted molar refractivity (Wildman–Crippen MR) is 61.8 cm³/mol. The van der Waals surface area contributed by atoms with E-state index in [0.29, 0.717) is 12.6 Å². The molecule has 1 aliphatic rings. The molecule has 0 atom stereocenters. The van der Waals surface area contributed by atoms with Crippen LogP contribution in [0.25, 0.3) is 0 Å². The second-order valence-corrected chi connectivity index (χ2v) is 4.03. The predicted octanol–water partition coefficient (Wildman–Crippen LogP) is 0.196. The van der Waals surface area contributed by atoms with Gasteiger partial charge in [0.2, 0.25) is 5.91 Å². The molecule has 0 saturated heterocycles. The van der Waals surface area contributed by atoms with Crippen LogP contribution in [-0.4, -0.2) is 49.6 Å². The van der Waals surface area contributed by atoms with Crippen molar-refractivity contribution in [3.05, 3.63) is 0 Å². The summed E-state index contributed by atoms with van der Waals surface area (Å²) in [5, 5.41) is 6.12. The smallest absolute Gasteiger partial charge is 0.234 e. The monoisotopic (exact) mass is 213 g/mol. The van der Waals surface area contributed by atoms with Gasteiger partial charge in [0.25, 0.3) is 0 Å². The van der Waals surface area contributed by atoms with Crippen LogP contribution in [-0.2, 0) is 4.79 Å². The molecule has 0 aromatic heterocycles. The third-order valence-corrected chi connectivity index (χ3v) is 2.77. The van der Waals surface area contributed by atoms with Crippen LogP contribution < -0.4 is 10.6 Å². The highest BCUT2D eigenvalue weighted by Crippen LogP contribution is 2.17. The van der Waals surface area contributed by atoms with E-state index in [4.69, 9.17) is 0 Å². The van der Waals surface area contributed by atoms with Crippen LogP contribution >= 0.6 is 0 Å². The Morgan fingerprint density at radius 1 is 1.33 bits per heavy atom. The summed E-state index contributed by atoms with van der Waals surface area (Å²) in [6.07, 6.45) is 2.46. The number of amides is 1. The van der Waals surface area contributed by atoms with Gasteiger partial charge in [-0.1, -0.05) is 13.8 Å². The summed E-state index contributed by atoms with van der Waals surface area (Å²) in [5.74, 6) is 0.119. The highest BCUT2D eigenvalue weighted by atomic mass is 16.1. The van der Waals surface area contributed by atoms with Crippen LogP contribution in [0.3, 0.4) is 0 Å². The lowest BCUT2D eigenvalue weighted by atomic mass is 10.4. The lowest BCUT2D eigenvalue weighted by Crippen LogP contribution is -2.39. The summed E-state index contributed by atoms with van der Waals surface area (Å²) in [4.78, 5) is 13.6. The normalized spacial score (nSPS) is 15.7. The number of nitrogens with one attached hydrogen (secondary N) is 2. The van der Waals surface area contributed by atoms with Crippen LogP contribution in [0, 0.1) is 0 Å². The van der Waals surface area contributed by atoms with Gasteiger partial charge in [-0.2, -0.15) is 0 Å². The van der Waals surface area contributed by atoms with Crippen LogP contribution in [0.15, 0.2) is 0 Å². The summed E-state index contributed by atoms with van der Waals surface area (Å²) in [6, 6.07) is 0.610. The van der Waals surface area contributed by atoms with Gasteiger partial charge in [-0.3, -0.25) is 4.79 Å². The molecule has 0 unspecified atom stereocenters. The summed E-state index contributed by atoms with van der Waals surface area (Å²) < 4.78 is 0. The van der Waals surface area contributed by atoms with Crippen molar-refractivity contribution in [1.29, 1.82) is 0 Å². The third-order valence-electron chi connectivity index (χ3n) is 2.77. The zero-order valence-corrected chi connectivity index (χ0v) is 9.88. The van der Waals surface area contributed by atoms with E-state index in [-0.39, 0.29) is 5.91 Å². The molecule has 0 aliphatic heterocycles. The van der Waals surface area contributed by atoms with Crippen molar-refractivity contribution in [1.82, 2.24) is 15.5 Å². The maximum Gasteiger partial charge on any atom is 0.234 e. The average molecular weight is 213 g/mol. The van der Waals surface area contributed by atoms with Gasteiger partial charge in [-0.25, -0.2) is 0 Å². The van der Waals surface area contributed by atoms with E-state index >= 15 is 0 Å². The maximum absolute atomic E-state index is 11.3. The first-order valence-corrected chi connectivity index (χ1v) is 5.98. The van der Waals surface area contributed by atoms with Gasteiger partial charge in [0.1, 0.15) is 0 Å². The number of hydrogen-bond donors (Lipinski definition) is 2. The number of hydrogen-bond acceptors (Lipinski definition) is 3. The van der Waals surface area contributed by atoms with E-state index in [9.17, 15) is 4.79 Å². The minimum Gasteiger partial charge on any atom is -0.354 e. The second kappa shape index (κ2) is 6.80. The largest absolute Gasteiger partial charge is 0.354 e. The van der Waals surface area contributed by atoms with E-state index in [1.165, 1.54) is 12.8 Å². The molecule has 1 saturated carbocycles. The lowest BCUT2D eigenvalue weighted by molar-refractivity contribution is -0.120. The molecule has 0 aromatic rings. The molecule has 1 amide bonds. The average Bonchev–Trinajstić information content (AvgIpc) is 3.05. The summed E-state index contributed by atoms with van der Waals surface area (Å²) in [5.41, 5.74) is 0. The molecule has 1 fully saturated rings. The summed E-state index contributed by atoms with van der Waals surface area (Å²) in [6.45, 7) is 8.55.